The van der Waals surface area contributed by atoms with Gasteiger partial charge in [-0.05, 0) is 68.4 Å². The van der Waals surface area contributed by atoms with Crippen molar-refractivity contribution in [3.8, 4) is 34.5 Å². The van der Waals surface area contributed by atoms with Gasteiger partial charge in [0.25, 0.3) is 0 Å². The SMILES string of the molecule is CC(=S)NC[C@H]1CN(c2ccc(N3CCOCC3)c(F)c2)C(=O)O1.COc1cc(OC)c(CN(C[C@H]2CN(c3ccc(N4CCOCC4)c(F)c3)C(=O)O2)C(C)=O)c(OC)c1.COc1cc(OC)c(CN(C[C@H]2CN(c3ccc(N4CCOCC4)c(F)c3)C(=O)O2)C(C)=S)c(OC)c1. The largest absolute Gasteiger partial charge is 0.496 e. The number of anilines is 6. The molecule has 5 aromatic carbocycles. The summed E-state index contributed by atoms with van der Waals surface area (Å²) in [7, 11) is 9.31. The summed E-state index contributed by atoms with van der Waals surface area (Å²) < 4.78 is 110. The van der Waals surface area contributed by atoms with Gasteiger partial charge in [0.1, 0.15) is 70.3 Å². The molecule has 1 N–H and O–H groups in total. The van der Waals surface area contributed by atoms with Crippen LogP contribution in [0.15, 0.2) is 78.9 Å². The fourth-order valence-electron chi connectivity index (χ4n) is 11.9. The zero-order valence-electron chi connectivity index (χ0n) is 56.4. The molecule has 0 unspecified atom stereocenters. The minimum atomic E-state index is -0.603. The number of morpholine rings is 3. The van der Waals surface area contributed by atoms with Gasteiger partial charge in [-0.15, -0.1) is 0 Å². The van der Waals surface area contributed by atoms with Gasteiger partial charge in [-0.3, -0.25) is 19.5 Å². The molecule has 0 bridgehead atoms. The summed E-state index contributed by atoms with van der Waals surface area (Å²) in [5.74, 6) is 2.00. The molecule has 530 valence electrons. The highest BCUT2D eigenvalue weighted by atomic mass is 32.1. The van der Waals surface area contributed by atoms with Crippen LogP contribution in [0.5, 0.6) is 34.5 Å². The maximum absolute atomic E-state index is 14.9. The number of halogens is 3. The number of nitrogens with one attached hydrogen (secondary N) is 1. The van der Waals surface area contributed by atoms with Crippen LogP contribution in [0.25, 0.3) is 0 Å². The number of carbonyl (C=O) groups excluding carboxylic acids is 4. The number of hydrogen-bond donors (Lipinski definition) is 1. The Labute approximate surface area is 578 Å². The first-order valence-electron chi connectivity index (χ1n) is 31.9. The van der Waals surface area contributed by atoms with E-state index in [0.717, 1.165) is 5.56 Å². The first-order chi connectivity index (χ1) is 47.2. The second-order valence-electron chi connectivity index (χ2n) is 23.3. The summed E-state index contributed by atoms with van der Waals surface area (Å²) in [6.45, 7) is 14.5. The molecule has 0 spiro atoms. The number of thiocarbonyl (C=S) groups is 2. The van der Waals surface area contributed by atoms with Gasteiger partial charge >= 0.3 is 18.3 Å². The van der Waals surface area contributed by atoms with E-state index in [1.807, 2.05) is 26.5 Å². The van der Waals surface area contributed by atoms with Crippen molar-refractivity contribution in [1.82, 2.24) is 15.1 Å². The van der Waals surface area contributed by atoms with Gasteiger partial charge in [0.2, 0.25) is 5.91 Å². The van der Waals surface area contributed by atoms with E-state index >= 15 is 0 Å². The molecule has 6 saturated heterocycles. The number of rotatable bonds is 22. The summed E-state index contributed by atoms with van der Waals surface area (Å²) in [5.41, 5.74) is 4.29. The fourth-order valence-corrected chi connectivity index (χ4v) is 12.1. The predicted molar refractivity (Wildman–Crippen MR) is 369 cm³/mol. The number of carbonyl (C=O) groups is 4. The number of benzene rings is 5. The zero-order valence-corrected chi connectivity index (χ0v) is 58.1. The molecule has 3 atom stereocenters. The van der Waals surface area contributed by atoms with Gasteiger partial charge in [-0.1, -0.05) is 24.4 Å². The van der Waals surface area contributed by atoms with Crippen LogP contribution in [-0.2, 0) is 46.3 Å². The van der Waals surface area contributed by atoms with Crippen molar-refractivity contribution in [1.29, 1.82) is 0 Å². The molecular weight excluding hydrogens is 1320 g/mol. The van der Waals surface area contributed by atoms with Crippen LogP contribution >= 0.6 is 24.4 Å². The Kier molecular flexibility index (Phi) is 25.8. The number of methoxy groups -OCH3 is 6. The maximum atomic E-state index is 14.9. The highest BCUT2D eigenvalue weighted by Crippen LogP contribution is 2.38. The van der Waals surface area contributed by atoms with Crippen molar-refractivity contribution in [2.24, 2.45) is 0 Å². The quantitative estimate of drug-likeness (QED) is 0.0505. The first kappa shape index (κ1) is 73.3. The average Bonchev–Trinajstić information content (AvgIpc) is 1.45. The second kappa shape index (κ2) is 34.5. The lowest BCUT2D eigenvalue weighted by atomic mass is 10.1. The van der Waals surface area contributed by atoms with Gasteiger partial charge in [0.15, 0.2) is 0 Å². The Hall–Kier alpha value is -8.97. The molecule has 30 heteroatoms. The normalized spacial score (nSPS) is 18.3. The predicted octanol–water partition coefficient (Wildman–Crippen LogP) is 8.85. The van der Waals surface area contributed by atoms with Crippen molar-refractivity contribution in [3.05, 3.63) is 107 Å². The van der Waals surface area contributed by atoms with Crippen molar-refractivity contribution in [3.63, 3.8) is 0 Å². The van der Waals surface area contributed by atoms with Gasteiger partial charge in [-0.25, -0.2) is 27.6 Å². The lowest BCUT2D eigenvalue weighted by molar-refractivity contribution is -0.130. The van der Waals surface area contributed by atoms with Crippen LogP contribution in [-0.4, -0.2) is 223 Å². The maximum Gasteiger partial charge on any atom is 0.414 e. The number of cyclic esters (lactones) is 3. The van der Waals surface area contributed by atoms with Crippen molar-refractivity contribution in [2.45, 2.75) is 52.2 Å². The molecule has 0 aromatic heterocycles. The molecule has 25 nitrogen and oxygen atoms in total. The molecule has 4 amide bonds. The second-order valence-corrected chi connectivity index (χ2v) is 24.5. The number of ether oxygens (including phenoxy) is 12. The van der Waals surface area contributed by atoms with E-state index in [4.69, 9.17) is 81.3 Å². The molecule has 0 radical (unpaired) electrons. The Morgan fingerprint density at radius 1 is 0.480 bits per heavy atom. The third-order valence-electron chi connectivity index (χ3n) is 17.1. The molecule has 6 aliphatic rings. The molecule has 6 aliphatic heterocycles. The lowest BCUT2D eigenvalue weighted by Gasteiger charge is -2.29. The molecular formula is C68H84F3N9O16S2. The van der Waals surface area contributed by atoms with Crippen molar-refractivity contribution in [2.75, 3.05) is 190 Å². The fraction of sp³-hybridized carbons (Fsp3) is 0.471. The summed E-state index contributed by atoms with van der Waals surface area (Å²) in [6, 6.07) is 21.3. The van der Waals surface area contributed by atoms with E-state index in [2.05, 4.69) is 5.32 Å². The van der Waals surface area contributed by atoms with Crippen LogP contribution in [0.1, 0.15) is 31.9 Å². The van der Waals surface area contributed by atoms with Crippen LogP contribution < -0.4 is 63.1 Å². The number of amides is 4. The Bertz CT molecular complexity index is 3410. The van der Waals surface area contributed by atoms with E-state index in [0.29, 0.717) is 189 Å². The molecule has 5 aromatic rings. The molecule has 0 saturated carbocycles. The van der Waals surface area contributed by atoms with E-state index in [9.17, 15) is 32.3 Å². The van der Waals surface area contributed by atoms with Gasteiger partial charge in [-0.2, -0.15) is 0 Å². The van der Waals surface area contributed by atoms with E-state index < -0.39 is 36.3 Å². The van der Waals surface area contributed by atoms with Crippen LogP contribution in [0.3, 0.4) is 0 Å². The van der Waals surface area contributed by atoms with Gasteiger partial charge < -0.3 is 86.7 Å². The number of hydrogen-bond acceptors (Lipinski definition) is 21. The standard InChI is InChI=1S/C26H32FN3O7.C26H32FN3O6S.C16H20FN3O3S/c1-17(31)29(16-21-24(34-3)12-19(33-2)13-25(21)35-4)14-20-15-30(26(32)37-20)18-5-6-23(22(27)11-18)28-7-9-36-10-8-28;1-17(37)29(16-21-24(33-3)12-19(32-2)13-25(21)34-4)14-20-15-30(26(31)36-20)18-5-6-23(22(27)11-18)28-7-9-35-10-8-28;1-11(24)18-9-13-10-20(16(21)23-13)12-2-3-15(14(17)8-12)19-4-6-22-7-5-19/h2*5-6,11-13,20H,7-10,14-16H2,1-4H3;2-3,8,13H,4-7,9-10H2,1H3,(H,18,24)/t2*20-;13-/m000/s1. The highest BCUT2D eigenvalue weighted by molar-refractivity contribution is 7.80. The van der Waals surface area contributed by atoms with Gasteiger partial charge in [0.05, 0.1) is 190 Å². The number of nitrogens with zero attached hydrogens (tertiary/aromatic N) is 8. The third-order valence-corrected chi connectivity index (χ3v) is 17.5. The monoisotopic (exact) mass is 1400 g/mol. The van der Waals surface area contributed by atoms with Gasteiger partial charge in [0, 0.05) is 70.5 Å². The Morgan fingerprint density at radius 2 is 0.796 bits per heavy atom. The Morgan fingerprint density at radius 3 is 1.09 bits per heavy atom. The smallest absolute Gasteiger partial charge is 0.414 e. The van der Waals surface area contributed by atoms with E-state index in [1.54, 1.807) is 93.8 Å². The average molecular weight is 1400 g/mol. The molecule has 6 fully saturated rings. The van der Waals surface area contributed by atoms with E-state index in [1.165, 1.54) is 61.2 Å². The lowest BCUT2D eigenvalue weighted by Crippen LogP contribution is -2.37. The van der Waals surface area contributed by atoms with Crippen LogP contribution in [0.2, 0.25) is 0 Å². The minimum absolute atomic E-state index is 0.143. The highest BCUT2D eigenvalue weighted by Gasteiger charge is 2.38. The Balaban J connectivity index is 0.000000176. The summed E-state index contributed by atoms with van der Waals surface area (Å²) in [5, 5.41) is 2.98. The van der Waals surface area contributed by atoms with Crippen LogP contribution in [0, 0.1) is 17.5 Å². The topological polar surface area (TPSA) is 217 Å². The minimum Gasteiger partial charge on any atom is -0.496 e. The van der Waals surface area contributed by atoms with Crippen molar-refractivity contribution < 1.29 is 89.2 Å². The van der Waals surface area contributed by atoms with Crippen molar-refractivity contribution >= 4 is 92.7 Å². The zero-order chi connectivity index (χ0) is 70.2. The third kappa shape index (κ3) is 18.4. The summed E-state index contributed by atoms with van der Waals surface area (Å²) >= 11 is 10.5. The molecule has 98 heavy (non-hydrogen) atoms. The molecule has 0 aliphatic carbocycles. The first-order valence-corrected chi connectivity index (χ1v) is 32.7. The molecule has 6 heterocycles. The summed E-state index contributed by atoms with van der Waals surface area (Å²) in [6.07, 6.45) is -2.97. The van der Waals surface area contributed by atoms with Crippen LogP contribution in [0.4, 0.5) is 61.7 Å². The molecule has 11 rings (SSSR count). The van der Waals surface area contributed by atoms with E-state index in [-0.39, 0.29) is 49.8 Å². The summed E-state index contributed by atoms with van der Waals surface area (Å²) in [4.78, 5) is 64.7.